The molecule has 1 amide bonds. The first kappa shape index (κ1) is 17.8. The Morgan fingerprint density at radius 2 is 2.19 bits per heavy atom. The summed E-state index contributed by atoms with van der Waals surface area (Å²) in [5, 5.41) is 11.8. The van der Waals surface area contributed by atoms with Crippen molar-refractivity contribution in [3.63, 3.8) is 0 Å². The van der Waals surface area contributed by atoms with Crippen LogP contribution >= 0.6 is 0 Å². The number of benzene rings is 1. The van der Waals surface area contributed by atoms with E-state index in [0.29, 0.717) is 18.9 Å². The predicted octanol–water partition coefficient (Wildman–Crippen LogP) is 0.879. The molecule has 134 valence electrons. The van der Waals surface area contributed by atoms with Gasteiger partial charge in [0.2, 0.25) is 5.91 Å². The number of tetrazole rings is 1. The van der Waals surface area contributed by atoms with Crippen LogP contribution in [0, 0.1) is 12.3 Å². The fourth-order valence-corrected chi connectivity index (χ4v) is 3.10. The third-order valence-electron chi connectivity index (χ3n) is 4.45. The smallest absolute Gasteiger partial charge is 0.245 e. The van der Waals surface area contributed by atoms with E-state index in [1.165, 1.54) is 11.1 Å². The van der Waals surface area contributed by atoms with E-state index >= 15 is 0 Å². The Balaban J connectivity index is 1.65. The van der Waals surface area contributed by atoms with Crippen LogP contribution in [0.3, 0.4) is 0 Å². The number of terminal acetylenes is 1. The van der Waals surface area contributed by atoms with Gasteiger partial charge in [-0.05, 0) is 28.0 Å². The molecule has 2 aromatic rings. The molecule has 3 rings (SSSR count). The highest BCUT2D eigenvalue weighted by atomic mass is 16.2. The highest BCUT2D eigenvalue weighted by molar-refractivity contribution is 5.76. The molecule has 0 aliphatic carbocycles. The van der Waals surface area contributed by atoms with Crippen LogP contribution in [0.2, 0.25) is 0 Å². The van der Waals surface area contributed by atoms with Gasteiger partial charge in [0.1, 0.15) is 6.54 Å². The van der Waals surface area contributed by atoms with Crippen LogP contribution < -0.4 is 0 Å². The fourth-order valence-electron chi connectivity index (χ4n) is 3.10. The molecule has 1 aromatic carbocycles. The summed E-state index contributed by atoms with van der Waals surface area (Å²) in [7, 11) is 0. The third-order valence-corrected chi connectivity index (χ3v) is 4.45. The fraction of sp³-hybridized carbons (Fsp3) is 0.368. The van der Waals surface area contributed by atoms with Crippen molar-refractivity contribution in [2.24, 2.45) is 0 Å². The number of carbonyl (C=O) groups excluding carboxylic acids is 1. The van der Waals surface area contributed by atoms with Crippen LogP contribution in [0.15, 0.2) is 36.9 Å². The van der Waals surface area contributed by atoms with Crippen LogP contribution in [0.25, 0.3) is 0 Å². The van der Waals surface area contributed by atoms with E-state index < -0.39 is 0 Å². The Hall–Kier alpha value is -2.98. The molecule has 2 heterocycles. The van der Waals surface area contributed by atoms with Crippen molar-refractivity contribution in [3.05, 3.63) is 53.9 Å². The highest BCUT2D eigenvalue weighted by Crippen LogP contribution is 2.19. The molecule has 26 heavy (non-hydrogen) atoms. The molecule has 0 N–H and O–H groups in total. The van der Waals surface area contributed by atoms with Gasteiger partial charge in [-0.3, -0.25) is 9.69 Å². The summed E-state index contributed by atoms with van der Waals surface area (Å²) < 4.78 is 1.55. The summed E-state index contributed by atoms with van der Waals surface area (Å²) >= 11 is 0. The summed E-state index contributed by atoms with van der Waals surface area (Å²) in [6.07, 6.45) is 7.99. The Morgan fingerprint density at radius 3 is 2.96 bits per heavy atom. The Labute approximate surface area is 153 Å². The van der Waals surface area contributed by atoms with E-state index in [1.807, 2.05) is 0 Å². The van der Waals surface area contributed by atoms with Gasteiger partial charge in [-0.1, -0.05) is 36.3 Å². The number of aromatic nitrogens is 4. The molecule has 1 aromatic heterocycles. The molecule has 0 unspecified atom stereocenters. The first-order valence-electron chi connectivity index (χ1n) is 8.57. The second-order valence-corrected chi connectivity index (χ2v) is 6.25. The number of carbonyl (C=O) groups is 1. The molecule has 0 spiro atoms. The Bertz CT molecular complexity index is 821. The highest BCUT2D eigenvalue weighted by Gasteiger charge is 2.20. The largest absolute Gasteiger partial charge is 0.326 e. The standard InChI is InChI=1S/C19H22N6O/c1-3-10-24(11-4-2)19(26)15-25-18(20-21-22-25)14-23-12-9-16-7-5-6-8-17(16)13-23/h1,4-8H,2,9-15H2. The van der Waals surface area contributed by atoms with Crippen LogP contribution in [0.5, 0.6) is 0 Å². The zero-order valence-electron chi connectivity index (χ0n) is 14.7. The minimum Gasteiger partial charge on any atom is -0.326 e. The maximum Gasteiger partial charge on any atom is 0.245 e. The van der Waals surface area contributed by atoms with E-state index in [9.17, 15) is 4.79 Å². The second kappa shape index (κ2) is 8.41. The molecule has 0 bridgehead atoms. The lowest BCUT2D eigenvalue weighted by atomic mass is 10.00. The Kier molecular flexibility index (Phi) is 5.77. The molecule has 0 fully saturated rings. The van der Waals surface area contributed by atoms with Gasteiger partial charge in [-0.15, -0.1) is 18.1 Å². The topological polar surface area (TPSA) is 67.2 Å². The first-order chi connectivity index (χ1) is 12.7. The minimum atomic E-state index is -0.125. The van der Waals surface area contributed by atoms with Crippen molar-refractivity contribution in [1.82, 2.24) is 30.0 Å². The number of hydrogen-bond acceptors (Lipinski definition) is 5. The average molecular weight is 350 g/mol. The molecule has 0 radical (unpaired) electrons. The van der Waals surface area contributed by atoms with Crippen LogP contribution in [0.4, 0.5) is 0 Å². The monoisotopic (exact) mass is 350 g/mol. The summed E-state index contributed by atoms with van der Waals surface area (Å²) in [5.41, 5.74) is 2.73. The van der Waals surface area contributed by atoms with Crippen molar-refractivity contribution in [3.8, 4) is 12.3 Å². The van der Waals surface area contributed by atoms with Crippen LogP contribution in [-0.4, -0.2) is 55.5 Å². The van der Waals surface area contributed by atoms with Crippen molar-refractivity contribution < 1.29 is 4.79 Å². The van der Waals surface area contributed by atoms with E-state index in [2.05, 4.69) is 57.2 Å². The van der Waals surface area contributed by atoms with Crippen LogP contribution in [0.1, 0.15) is 17.0 Å². The number of rotatable bonds is 7. The van der Waals surface area contributed by atoms with E-state index in [0.717, 1.165) is 19.5 Å². The maximum atomic E-state index is 12.5. The number of hydrogen-bond donors (Lipinski definition) is 0. The maximum absolute atomic E-state index is 12.5. The molecular weight excluding hydrogens is 328 g/mol. The lowest BCUT2D eigenvalue weighted by Crippen LogP contribution is -2.36. The quantitative estimate of drug-likeness (QED) is 0.548. The Morgan fingerprint density at radius 1 is 1.38 bits per heavy atom. The van der Waals surface area contributed by atoms with Gasteiger partial charge in [0, 0.05) is 19.6 Å². The van der Waals surface area contributed by atoms with Gasteiger partial charge in [-0.2, -0.15) is 0 Å². The van der Waals surface area contributed by atoms with Gasteiger partial charge >= 0.3 is 0 Å². The van der Waals surface area contributed by atoms with Gasteiger partial charge in [0.25, 0.3) is 0 Å². The van der Waals surface area contributed by atoms with Gasteiger partial charge < -0.3 is 4.90 Å². The predicted molar refractivity (Wildman–Crippen MR) is 97.7 cm³/mol. The van der Waals surface area contributed by atoms with Crippen LogP contribution in [-0.2, 0) is 30.8 Å². The van der Waals surface area contributed by atoms with Gasteiger partial charge in [0.05, 0.1) is 13.1 Å². The van der Waals surface area contributed by atoms with Crippen molar-refractivity contribution in [1.29, 1.82) is 0 Å². The molecule has 1 aliphatic heterocycles. The van der Waals surface area contributed by atoms with E-state index in [4.69, 9.17) is 6.42 Å². The third kappa shape index (κ3) is 4.16. The summed E-state index contributed by atoms with van der Waals surface area (Å²) in [4.78, 5) is 16.3. The number of fused-ring (bicyclic) bond motifs is 1. The van der Waals surface area contributed by atoms with Gasteiger partial charge in [-0.25, -0.2) is 4.68 Å². The van der Waals surface area contributed by atoms with Crippen molar-refractivity contribution in [2.45, 2.75) is 26.1 Å². The lowest BCUT2D eigenvalue weighted by molar-refractivity contribution is -0.131. The molecular formula is C19H22N6O. The van der Waals surface area contributed by atoms with Crippen molar-refractivity contribution in [2.75, 3.05) is 19.6 Å². The summed E-state index contributed by atoms with van der Waals surface area (Å²) in [6, 6.07) is 8.46. The van der Waals surface area contributed by atoms with Crippen molar-refractivity contribution >= 4 is 5.91 Å². The second-order valence-electron chi connectivity index (χ2n) is 6.25. The molecule has 0 atom stereocenters. The SMILES string of the molecule is C#CCN(CC=C)C(=O)Cn1nnnc1CN1CCc2ccccc2C1. The zero-order valence-corrected chi connectivity index (χ0v) is 14.7. The normalized spacial score (nSPS) is 13.7. The molecule has 0 saturated heterocycles. The lowest BCUT2D eigenvalue weighted by Gasteiger charge is -2.28. The average Bonchev–Trinajstić information content (AvgIpc) is 3.08. The number of amides is 1. The molecule has 7 nitrogen and oxygen atoms in total. The van der Waals surface area contributed by atoms with E-state index in [-0.39, 0.29) is 19.0 Å². The van der Waals surface area contributed by atoms with E-state index in [1.54, 1.807) is 15.7 Å². The summed E-state index contributed by atoms with van der Waals surface area (Å²) in [6.45, 7) is 6.78. The van der Waals surface area contributed by atoms with Gasteiger partial charge in [0.15, 0.2) is 5.82 Å². The first-order valence-corrected chi connectivity index (χ1v) is 8.57. The molecule has 7 heteroatoms. The molecule has 0 saturated carbocycles. The molecule has 1 aliphatic rings. The summed E-state index contributed by atoms with van der Waals surface area (Å²) in [5.74, 6) is 3.04. The number of nitrogens with zero attached hydrogens (tertiary/aromatic N) is 6. The minimum absolute atomic E-state index is 0.0717. The zero-order chi connectivity index (χ0) is 18.4.